The van der Waals surface area contributed by atoms with E-state index in [9.17, 15) is 0 Å². The third-order valence-electron chi connectivity index (χ3n) is 4.98. The van der Waals surface area contributed by atoms with Crippen molar-refractivity contribution in [3.8, 4) is 0 Å². The Hall–Kier alpha value is -2.65. The minimum Gasteiger partial charge on any atom is -0.497 e. The van der Waals surface area contributed by atoms with Gasteiger partial charge in [0.1, 0.15) is 12.0 Å². The molecule has 0 saturated heterocycles. The lowest BCUT2D eigenvalue weighted by atomic mass is 9.90. The molecule has 0 heterocycles. The largest absolute Gasteiger partial charge is 0.497 e. The predicted molar refractivity (Wildman–Crippen MR) is 152 cm³/mol. The first-order valence-electron chi connectivity index (χ1n) is 11.8. The highest BCUT2D eigenvalue weighted by molar-refractivity contribution is 5.54. The fraction of sp³-hybridized carbons (Fsp3) is 0.452. The number of aldehydes is 1. The van der Waals surface area contributed by atoms with E-state index in [0.717, 1.165) is 53.4 Å². The molecule has 0 fully saturated rings. The molecule has 0 aliphatic heterocycles. The maximum absolute atomic E-state index is 8.81. The summed E-state index contributed by atoms with van der Waals surface area (Å²) in [4.78, 5) is 8.81. The molecule has 34 heavy (non-hydrogen) atoms. The van der Waals surface area contributed by atoms with Crippen molar-refractivity contribution < 1.29 is 14.3 Å². The Morgan fingerprint density at radius 3 is 1.94 bits per heavy atom. The highest BCUT2D eigenvalue weighted by atomic mass is 16.5. The number of rotatable bonds is 14. The Morgan fingerprint density at radius 2 is 1.50 bits per heavy atom. The van der Waals surface area contributed by atoms with Crippen molar-refractivity contribution in [1.82, 2.24) is 0 Å². The summed E-state index contributed by atoms with van der Waals surface area (Å²) >= 11 is 0. The van der Waals surface area contributed by atoms with E-state index in [1.807, 2.05) is 13.0 Å². The summed E-state index contributed by atoms with van der Waals surface area (Å²) in [6, 6.07) is 0. The SMILES string of the molecule is C=C(/C=C(/CCCOC)C(=C)C(=C)/C(C)=C\C(=C)C(C)/C=C\C(C)CC)OC.C=CC.CC=O. The molecule has 0 bridgehead atoms. The first-order chi connectivity index (χ1) is 16.0. The number of hydrogen-bond donors (Lipinski definition) is 0. The zero-order valence-electron chi connectivity index (χ0n) is 23.2. The third-order valence-corrected chi connectivity index (χ3v) is 4.98. The number of methoxy groups -OCH3 is 2. The van der Waals surface area contributed by atoms with Gasteiger partial charge in [0.2, 0.25) is 0 Å². The van der Waals surface area contributed by atoms with Gasteiger partial charge in [-0.05, 0) is 79.4 Å². The van der Waals surface area contributed by atoms with Crippen molar-refractivity contribution >= 4 is 6.29 Å². The molecule has 3 heteroatoms. The van der Waals surface area contributed by atoms with Crippen molar-refractivity contribution in [1.29, 1.82) is 0 Å². The van der Waals surface area contributed by atoms with Gasteiger partial charge in [-0.2, -0.15) is 0 Å². The predicted octanol–water partition coefficient (Wildman–Crippen LogP) is 8.75. The average Bonchev–Trinajstić information content (AvgIpc) is 2.81. The van der Waals surface area contributed by atoms with Gasteiger partial charge < -0.3 is 14.3 Å². The lowest BCUT2D eigenvalue weighted by Crippen LogP contribution is -2.00. The molecule has 0 radical (unpaired) electrons. The standard InChI is InChI=1S/C26H40O2.C3H6.C2H4O/c1-11-19(2)14-15-20(3)21(4)17-22(5)24(7)25(8)26(13-12-16-27-9)18-23(6)28-10;1-3-2;1-2-3/h14-15,17-20H,4,6-8,11-13,16H2,1-3,5,9-10H3;3H,1H2,2H3;2H,1H3/b15-14-,22-17-,26-18-;;. The summed E-state index contributed by atoms with van der Waals surface area (Å²) in [7, 11) is 3.33. The second-order valence-corrected chi connectivity index (χ2v) is 8.00. The van der Waals surface area contributed by atoms with Crippen molar-refractivity contribution in [2.75, 3.05) is 20.8 Å². The minimum atomic E-state index is 0.287. The summed E-state index contributed by atoms with van der Waals surface area (Å²) in [6.45, 7) is 32.7. The summed E-state index contributed by atoms with van der Waals surface area (Å²) in [5.74, 6) is 1.48. The molecule has 0 aromatic rings. The molecule has 0 aromatic carbocycles. The molecular formula is C31H50O3. The Balaban J connectivity index is -0.00000143. The maximum Gasteiger partial charge on any atom is 0.116 e. The Bertz CT molecular complexity index is 726. The second kappa shape index (κ2) is 23.5. The van der Waals surface area contributed by atoms with Gasteiger partial charge in [-0.25, -0.2) is 0 Å². The zero-order valence-corrected chi connectivity index (χ0v) is 23.2. The fourth-order valence-corrected chi connectivity index (χ4v) is 2.51. The van der Waals surface area contributed by atoms with E-state index in [2.05, 4.69) is 78.8 Å². The third kappa shape index (κ3) is 18.9. The van der Waals surface area contributed by atoms with E-state index >= 15 is 0 Å². The molecule has 0 N–H and O–H groups in total. The monoisotopic (exact) mass is 470 g/mol. The summed E-state index contributed by atoms with van der Waals surface area (Å²) in [5, 5.41) is 0. The lowest BCUT2D eigenvalue weighted by molar-refractivity contribution is -0.106. The number of allylic oxidation sites excluding steroid dienone is 10. The first kappa shape index (κ1) is 35.9. The molecule has 3 nitrogen and oxygen atoms in total. The van der Waals surface area contributed by atoms with Crippen LogP contribution in [-0.4, -0.2) is 27.1 Å². The van der Waals surface area contributed by atoms with Gasteiger partial charge in [0.05, 0.1) is 7.11 Å². The van der Waals surface area contributed by atoms with Crippen molar-refractivity contribution in [2.45, 2.75) is 60.8 Å². The van der Waals surface area contributed by atoms with Crippen LogP contribution in [0.2, 0.25) is 0 Å². The highest BCUT2D eigenvalue weighted by Gasteiger charge is 2.11. The van der Waals surface area contributed by atoms with Gasteiger partial charge in [0.25, 0.3) is 0 Å². The molecule has 0 aliphatic carbocycles. The van der Waals surface area contributed by atoms with E-state index in [1.165, 1.54) is 6.92 Å². The summed E-state index contributed by atoms with van der Waals surface area (Å²) in [5.41, 5.74) is 5.01. The molecule has 2 atom stereocenters. The normalized spacial score (nSPS) is 12.8. The van der Waals surface area contributed by atoms with Crippen LogP contribution in [0, 0.1) is 11.8 Å². The molecule has 0 amide bonds. The number of carbonyl (C=O) groups is 1. The van der Waals surface area contributed by atoms with E-state index in [-0.39, 0.29) is 5.92 Å². The van der Waals surface area contributed by atoms with Crippen LogP contribution in [0.1, 0.15) is 60.8 Å². The lowest BCUT2D eigenvalue weighted by Gasteiger charge is -2.16. The van der Waals surface area contributed by atoms with Crippen LogP contribution >= 0.6 is 0 Å². The van der Waals surface area contributed by atoms with Gasteiger partial charge >= 0.3 is 0 Å². The summed E-state index contributed by atoms with van der Waals surface area (Å²) in [6.07, 6.45) is 13.9. The van der Waals surface area contributed by atoms with Gasteiger partial charge in [0.15, 0.2) is 0 Å². The van der Waals surface area contributed by atoms with Crippen LogP contribution in [0.15, 0.2) is 96.9 Å². The van der Waals surface area contributed by atoms with Crippen molar-refractivity contribution in [2.24, 2.45) is 11.8 Å². The Morgan fingerprint density at radius 1 is 0.971 bits per heavy atom. The molecular weight excluding hydrogens is 420 g/mol. The summed E-state index contributed by atoms with van der Waals surface area (Å²) < 4.78 is 10.4. The molecule has 0 saturated carbocycles. The maximum atomic E-state index is 8.81. The number of ether oxygens (including phenoxy) is 2. The molecule has 0 aromatic heterocycles. The second-order valence-electron chi connectivity index (χ2n) is 8.00. The van der Waals surface area contributed by atoms with Gasteiger partial charge in [-0.1, -0.05) is 77.8 Å². The van der Waals surface area contributed by atoms with E-state index < -0.39 is 0 Å². The van der Waals surface area contributed by atoms with E-state index in [0.29, 0.717) is 18.3 Å². The molecule has 192 valence electrons. The Kier molecular flexibility index (Phi) is 24.8. The van der Waals surface area contributed by atoms with Crippen LogP contribution in [0.4, 0.5) is 0 Å². The quantitative estimate of drug-likeness (QED) is 0.0836. The van der Waals surface area contributed by atoms with Crippen molar-refractivity contribution in [3.63, 3.8) is 0 Å². The minimum absolute atomic E-state index is 0.287. The van der Waals surface area contributed by atoms with E-state index in [1.54, 1.807) is 20.3 Å². The van der Waals surface area contributed by atoms with Gasteiger partial charge in [0, 0.05) is 13.7 Å². The van der Waals surface area contributed by atoms with Gasteiger partial charge in [-0.15, -0.1) is 6.58 Å². The average molecular weight is 471 g/mol. The van der Waals surface area contributed by atoms with Crippen LogP contribution in [0.3, 0.4) is 0 Å². The number of hydrogen-bond acceptors (Lipinski definition) is 3. The fourth-order valence-electron chi connectivity index (χ4n) is 2.51. The van der Waals surface area contributed by atoms with Crippen LogP contribution < -0.4 is 0 Å². The Labute approximate surface area is 211 Å². The zero-order chi connectivity index (χ0) is 27.1. The van der Waals surface area contributed by atoms with Crippen LogP contribution in [-0.2, 0) is 14.3 Å². The van der Waals surface area contributed by atoms with Crippen LogP contribution in [0.25, 0.3) is 0 Å². The first-order valence-corrected chi connectivity index (χ1v) is 11.8. The molecule has 0 rings (SSSR count). The van der Waals surface area contributed by atoms with Crippen molar-refractivity contribution in [3.05, 3.63) is 96.9 Å². The van der Waals surface area contributed by atoms with E-state index in [4.69, 9.17) is 14.3 Å². The highest BCUT2D eigenvalue weighted by Crippen LogP contribution is 2.28. The topological polar surface area (TPSA) is 35.5 Å². The van der Waals surface area contributed by atoms with Gasteiger partial charge in [-0.3, -0.25) is 0 Å². The smallest absolute Gasteiger partial charge is 0.116 e. The molecule has 2 unspecified atom stereocenters. The van der Waals surface area contributed by atoms with Crippen LogP contribution in [0.5, 0.6) is 0 Å². The molecule has 0 spiro atoms. The number of carbonyl (C=O) groups excluding carboxylic acids is 1. The molecule has 0 aliphatic rings.